The molecule has 1 saturated heterocycles. The van der Waals surface area contributed by atoms with Gasteiger partial charge in [0.25, 0.3) is 5.91 Å². The molecule has 4 rings (SSSR count). The smallest absolute Gasteiger partial charge is 0.254 e. The van der Waals surface area contributed by atoms with Crippen molar-refractivity contribution < 1.29 is 9.59 Å². The molecule has 1 aliphatic rings. The van der Waals surface area contributed by atoms with Gasteiger partial charge in [-0.2, -0.15) is 5.10 Å². The molecule has 1 aromatic heterocycles. The highest BCUT2D eigenvalue weighted by Crippen LogP contribution is 2.31. The minimum absolute atomic E-state index is 0.197. The number of nitrogens with one attached hydrogen (secondary N) is 1. The first-order chi connectivity index (χ1) is 14.0. The molecule has 2 amide bonds. The van der Waals surface area contributed by atoms with Gasteiger partial charge in [-0.25, -0.2) is 4.68 Å². The molecule has 29 heavy (non-hydrogen) atoms. The van der Waals surface area contributed by atoms with Crippen LogP contribution in [0, 0.1) is 13.8 Å². The molecule has 3 aromatic rings. The van der Waals surface area contributed by atoms with E-state index in [0.29, 0.717) is 23.7 Å². The summed E-state index contributed by atoms with van der Waals surface area (Å²) in [6.45, 7) is 4.64. The van der Waals surface area contributed by atoms with E-state index in [-0.39, 0.29) is 11.8 Å². The van der Waals surface area contributed by atoms with Gasteiger partial charge >= 0.3 is 0 Å². The second-order valence-electron chi connectivity index (χ2n) is 7.03. The first-order valence-corrected chi connectivity index (χ1v) is 9.81. The number of amides is 2. The number of nitrogens with zero attached hydrogens (tertiary/aromatic N) is 3. The third-order valence-electron chi connectivity index (χ3n) is 5.19. The topological polar surface area (TPSA) is 67.2 Å². The summed E-state index contributed by atoms with van der Waals surface area (Å²) < 4.78 is 1.82. The molecule has 1 atom stereocenters. The van der Waals surface area contributed by atoms with Gasteiger partial charge in [-0.05, 0) is 50.2 Å². The lowest BCUT2D eigenvalue weighted by atomic mass is 9.99. The molecule has 0 saturated carbocycles. The van der Waals surface area contributed by atoms with Crippen LogP contribution in [0.3, 0.4) is 0 Å². The van der Waals surface area contributed by atoms with Gasteiger partial charge in [-0.15, -0.1) is 0 Å². The Balaban J connectivity index is 1.77. The fourth-order valence-electron chi connectivity index (χ4n) is 3.80. The van der Waals surface area contributed by atoms with Gasteiger partial charge in [-0.3, -0.25) is 9.59 Å². The number of piperazine rings is 1. The van der Waals surface area contributed by atoms with Crippen molar-refractivity contribution in [1.29, 1.82) is 0 Å². The van der Waals surface area contributed by atoms with Crippen LogP contribution in [0.1, 0.15) is 33.4 Å². The van der Waals surface area contributed by atoms with Crippen molar-refractivity contribution in [3.63, 3.8) is 0 Å². The Bertz CT molecular complexity index is 1060. The zero-order valence-electron chi connectivity index (χ0n) is 16.2. The van der Waals surface area contributed by atoms with Crippen molar-refractivity contribution in [2.75, 3.05) is 13.1 Å². The van der Waals surface area contributed by atoms with Crippen LogP contribution in [0.5, 0.6) is 0 Å². The number of aromatic nitrogens is 2. The van der Waals surface area contributed by atoms with Gasteiger partial charge < -0.3 is 10.2 Å². The van der Waals surface area contributed by atoms with Crippen molar-refractivity contribution in [3.8, 4) is 5.69 Å². The summed E-state index contributed by atoms with van der Waals surface area (Å²) in [5, 5.41) is 8.10. The lowest BCUT2D eigenvalue weighted by Crippen LogP contribution is -2.52. The van der Waals surface area contributed by atoms with Crippen molar-refractivity contribution >= 4 is 23.4 Å². The summed E-state index contributed by atoms with van der Waals surface area (Å²) in [6, 6.07) is 15.7. The van der Waals surface area contributed by atoms with Crippen LogP contribution in [0.25, 0.3) is 5.69 Å². The Hall–Kier alpha value is -3.12. The second-order valence-corrected chi connectivity index (χ2v) is 7.47. The number of hydrogen-bond donors (Lipinski definition) is 1. The Morgan fingerprint density at radius 1 is 1.10 bits per heavy atom. The fourth-order valence-corrected chi connectivity index (χ4v) is 3.93. The molecule has 7 heteroatoms. The molecule has 0 bridgehead atoms. The van der Waals surface area contributed by atoms with Gasteiger partial charge in [0.15, 0.2) is 0 Å². The Morgan fingerprint density at radius 3 is 2.48 bits per heavy atom. The highest BCUT2D eigenvalue weighted by Gasteiger charge is 2.38. The van der Waals surface area contributed by atoms with Crippen LogP contribution in [0.4, 0.5) is 0 Å². The van der Waals surface area contributed by atoms with E-state index in [1.807, 2.05) is 48.9 Å². The molecular formula is C22H21ClN4O2. The Labute approximate surface area is 174 Å². The van der Waals surface area contributed by atoms with E-state index in [1.165, 1.54) is 0 Å². The molecule has 148 valence electrons. The third kappa shape index (κ3) is 3.51. The number of halogens is 1. The zero-order valence-corrected chi connectivity index (χ0v) is 17.0. The Kier molecular flexibility index (Phi) is 5.11. The maximum atomic E-state index is 13.2. The van der Waals surface area contributed by atoms with Crippen LogP contribution < -0.4 is 5.32 Å². The average Bonchev–Trinajstić information content (AvgIpc) is 3.02. The van der Waals surface area contributed by atoms with Gasteiger partial charge in [0, 0.05) is 34.9 Å². The van der Waals surface area contributed by atoms with Gasteiger partial charge in [0.05, 0.1) is 11.4 Å². The van der Waals surface area contributed by atoms with E-state index >= 15 is 0 Å². The molecule has 6 nitrogen and oxygen atoms in total. The first kappa shape index (κ1) is 19.2. The molecule has 1 fully saturated rings. The molecule has 2 heterocycles. The summed E-state index contributed by atoms with van der Waals surface area (Å²) in [4.78, 5) is 27.7. The Morgan fingerprint density at radius 2 is 1.79 bits per heavy atom. The van der Waals surface area contributed by atoms with Crippen molar-refractivity contribution in [2.24, 2.45) is 0 Å². The van der Waals surface area contributed by atoms with E-state index < -0.39 is 6.04 Å². The molecule has 2 aromatic carbocycles. The van der Waals surface area contributed by atoms with Crippen LogP contribution in [0.2, 0.25) is 5.02 Å². The number of hydrogen-bond acceptors (Lipinski definition) is 3. The number of aryl methyl sites for hydroxylation is 1. The lowest BCUT2D eigenvalue weighted by Gasteiger charge is -2.35. The SMILES string of the molecule is Cc1nn(-c2ccccc2)c(C)c1C1C(=O)NCCN1C(=O)c1ccc(Cl)cc1. The molecule has 0 radical (unpaired) electrons. The summed E-state index contributed by atoms with van der Waals surface area (Å²) in [6.07, 6.45) is 0. The predicted octanol–water partition coefficient (Wildman–Crippen LogP) is 3.46. The minimum atomic E-state index is -0.732. The van der Waals surface area contributed by atoms with Crippen molar-refractivity contribution in [1.82, 2.24) is 20.0 Å². The monoisotopic (exact) mass is 408 g/mol. The number of rotatable bonds is 3. The largest absolute Gasteiger partial charge is 0.352 e. The lowest BCUT2D eigenvalue weighted by molar-refractivity contribution is -0.128. The quantitative estimate of drug-likeness (QED) is 0.721. The van der Waals surface area contributed by atoms with Gasteiger partial charge in [0.1, 0.15) is 6.04 Å². The van der Waals surface area contributed by atoms with E-state index in [2.05, 4.69) is 10.4 Å². The summed E-state index contributed by atoms with van der Waals surface area (Å²) in [5.41, 5.74) is 3.73. The van der Waals surface area contributed by atoms with Crippen molar-refractivity contribution in [2.45, 2.75) is 19.9 Å². The van der Waals surface area contributed by atoms with Gasteiger partial charge in [-0.1, -0.05) is 29.8 Å². The summed E-state index contributed by atoms with van der Waals surface area (Å²) in [7, 11) is 0. The molecule has 1 N–H and O–H groups in total. The van der Waals surface area contributed by atoms with Crippen LogP contribution >= 0.6 is 11.6 Å². The maximum Gasteiger partial charge on any atom is 0.254 e. The van der Waals surface area contributed by atoms with E-state index in [9.17, 15) is 9.59 Å². The number of benzene rings is 2. The molecule has 1 aliphatic heterocycles. The number of para-hydroxylation sites is 1. The number of carbonyl (C=O) groups is 2. The molecule has 0 spiro atoms. The maximum absolute atomic E-state index is 13.2. The van der Waals surface area contributed by atoms with E-state index in [1.54, 1.807) is 29.2 Å². The minimum Gasteiger partial charge on any atom is -0.352 e. The first-order valence-electron chi connectivity index (χ1n) is 9.43. The average molecular weight is 409 g/mol. The molecule has 0 aliphatic carbocycles. The fraction of sp³-hybridized carbons (Fsp3) is 0.227. The van der Waals surface area contributed by atoms with Crippen LogP contribution in [-0.2, 0) is 4.79 Å². The summed E-state index contributed by atoms with van der Waals surface area (Å²) in [5.74, 6) is -0.398. The molecule has 1 unspecified atom stereocenters. The van der Waals surface area contributed by atoms with Gasteiger partial charge in [0.2, 0.25) is 5.91 Å². The predicted molar refractivity (Wildman–Crippen MR) is 111 cm³/mol. The van der Waals surface area contributed by atoms with E-state index in [0.717, 1.165) is 22.6 Å². The number of carbonyl (C=O) groups excluding carboxylic acids is 2. The van der Waals surface area contributed by atoms with E-state index in [4.69, 9.17) is 11.6 Å². The highest BCUT2D eigenvalue weighted by atomic mass is 35.5. The van der Waals surface area contributed by atoms with Crippen molar-refractivity contribution in [3.05, 3.63) is 82.1 Å². The van der Waals surface area contributed by atoms with Crippen LogP contribution in [0.15, 0.2) is 54.6 Å². The third-order valence-corrected chi connectivity index (χ3v) is 5.44. The zero-order chi connectivity index (χ0) is 20.5. The normalized spacial score (nSPS) is 16.6. The molecular weight excluding hydrogens is 388 g/mol. The highest BCUT2D eigenvalue weighted by molar-refractivity contribution is 6.30. The summed E-state index contributed by atoms with van der Waals surface area (Å²) >= 11 is 5.95. The van der Waals surface area contributed by atoms with Crippen LogP contribution in [-0.4, -0.2) is 39.6 Å². The second kappa shape index (κ2) is 7.72. The standard InChI is InChI=1S/C22H21ClN4O2/c1-14-19(15(2)27(25-14)18-6-4-3-5-7-18)20-21(28)24-12-13-26(20)22(29)16-8-10-17(23)11-9-16/h3-11,20H,12-13H2,1-2H3,(H,24,28).